The van der Waals surface area contributed by atoms with E-state index < -0.39 is 0 Å². The number of aromatic nitrogens is 4. The van der Waals surface area contributed by atoms with Crippen molar-refractivity contribution < 1.29 is 14.3 Å². The third-order valence-corrected chi connectivity index (χ3v) is 4.72. The van der Waals surface area contributed by atoms with Crippen molar-refractivity contribution in [1.82, 2.24) is 19.5 Å². The summed E-state index contributed by atoms with van der Waals surface area (Å²) in [5.74, 6) is 1.63. The number of carbonyl (C=O) groups is 1. The van der Waals surface area contributed by atoms with Crippen molar-refractivity contribution in [2.45, 2.75) is 6.54 Å². The monoisotopic (exact) mass is 407 g/mol. The van der Waals surface area contributed by atoms with E-state index in [1.165, 1.54) is 17.1 Å². The highest BCUT2D eigenvalue weighted by Crippen LogP contribution is 2.33. The van der Waals surface area contributed by atoms with Crippen molar-refractivity contribution in [3.8, 4) is 11.5 Å². The molecule has 144 valence electrons. The van der Waals surface area contributed by atoms with Gasteiger partial charge in [-0.3, -0.25) is 9.36 Å². The molecule has 0 radical (unpaired) electrons. The van der Waals surface area contributed by atoms with Crippen molar-refractivity contribution in [2.24, 2.45) is 0 Å². The first-order valence-electron chi connectivity index (χ1n) is 8.80. The lowest BCUT2D eigenvalue weighted by molar-refractivity contribution is 0.0950. The minimum Gasteiger partial charge on any atom is -0.454 e. The smallest absolute Gasteiger partial charge is 0.301 e. The molecule has 0 spiro atoms. The number of nitrogens with one attached hydrogen (secondary N) is 1. The van der Waals surface area contributed by atoms with Crippen LogP contribution in [-0.4, -0.2) is 32.2 Å². The third kappa shape index (κ3) is 3.34. The van der Waals surface area contributed by atoms with Crippen LogP contribution in [0.1, 0.15) is 16.2 Å². The highest BCUT2D eigenvalue weighted by molar-refractivity contribution is 6.31. The Morgan fingerprint density at radius 3 is 2.90 bits per heavy atom. The molecule has 0 saturated heterocycles. The molecule has 0 saturated carbocycles. The number of hydrogen-bond donors (Lipinski definition) is 1. The summed E-state index contributed by atoms with van der Waals surface area (Å²) in [6.45, 7) is 0.689. The minimum atomic E-state index is -0.370. The first-order valence-corrected chi connectivity index (χ1v) is 9.17. The van der Waals surface area contributed by atoms with Gasteiger partial charge >= 0.3 is 5.91 Å². The van der Waals surface area contributed by atoms with Crippen LogP contribution in [0.5, 0.6) is 11.5 Å². The van der Waals surface area contributed by atoms with Gasteiger partial charge in [0, 0.05) is 29.3 Å². The molecular weight excluding hydrogens is 394 g/mol. The van der Waals surface area contributed by atoms with Crippen LogP contribution in [-0.2, 0) is 6.54 Å². The first kappa shape index (κ1) is 17.4. The molecule has 0 aliphatic carbocycles. The summed E-state index contributed by atoms with van der Waals surface area (Å²) in [5, 5.41) is 4.56. The van der Waals surface area contributed by atoms with Gasteiger partial charge in [-0.25, -0.2) is 15.0 Å². The maximum absolute atomic E-state index is 12.7. The maximum atomic E-state index is 12.7. The van der Waals surface area contributed by atoms with Crippen molar-refractivity contribution in [2.75, 3.05) is 12.1 Å². The third-order valence-electron chi connectivity index (χ3n) is 4.48. The highest BCUT2D eigenvalue weighted by Gasteiger charge is 2.17. The van der Waals surface area contributed by atoms with Crippen LogP contribution in [0.25, 0.3) is 10.9 Å². The van der Waals surface area contributed by atoms with Gasteiger partial charge < -0.3 is 14.8 Å². The van der Waals surface area contributed by atoms with E-state index in [9.17, 15) is 4.79 Å². The quantitative estimate of drug-likeness (QED) is 0.553. The van der Waals surface area contributed by atoms with Crippen LogP contribution in [0.3, 0.4) is 0 Å². The zero-order valence-corrected chi connectivity index (χ0v) is 15.8. The van der Waals surface area contributed by atoms with Crippen LogP contribution < -0.4 is 14.8 Å². The number of imidazole rings is 1. The number of fused-ring (bicyclic) bond motifs is 2. The standard InChI is InChI=1S/C20H14ClN5O3/c21-13-2-3-15-14(8-13)18(25-19(24-15)20(27)26-6-5-22-10-26)23-9-12-1-4-16-17(7-12)29-11-28-16/h1-8,10H,9,11H2,(H,23,24,25). The van der Waals surface area contributed by atoms with E-state index in [4.69, 9.17) is 21.1 Å². The zero-order valence-electron chi connectivity index (χ0n) is 15.0. The van der Waals surface area contributed by atoms with Crippen molar-refractivity contribution in [3.05, 3.63) is 71.5 Å². The van der Waals surface area contributed by atoms with Gasteiger partial charge in [0.1, 0.15) is 12.1 Å². The van der Waals surface area contributed by atoms with Crippen LogP contribution in [0.4, 0.5) is 5.82 Å². The second-order valence-corrected chi connectivity index (χ2v) is 6.81. The molecule has 3 heterocycles. The molecule has 1 aliphatic rings. The van der Waals surface area contributed by atoms with Crippen molar-refractivity contribution in [1.29, 1.82) is 0 Å². The van der Waals surface area contributed by atoms with E-state index in [0.717, 1.165) is 16.7 Å². The molecule has 0 unspecified atom stereocenters. The second kappa shape index (κ2) is 7.06. The Labute approximate surface area is 170 Å². The largest absolute Gasteiger partial charge is 0.454 e. The van der Waals surface area contributed by atoms with Crippen LogP contribution >= 0.6 is 11.6 Å². The van der Waals surface area contributed by atoms with Crippen LogP contribution in [0.2, 0.25) is 5.02 Å². The average Bonchev–Trinajstić information content (AvgIpc) is 3.43. The van der Waals surface area contributed by atoms with Gasteiger partial charge in [0.05, 0.1) is 5.52 Å². The number of rotatable bonds is 4. The van der Waals surface area contributed by atoms with Gasteiger partial charge in [-0.1, -0.05) is 17.7 Å². The lowest BCUT2D eigenvalue weighted by Crippen LogP contribution is -2.15. The Balaban J connectivity index is 1.50. The number of halogens is 1. The van der Waals surface area contributed by atoms with Crippen LogP contribution in [0.15, 0.2) is 55.1 Å². The fourth-order valence-corrected chi connectivity index (χ4v) is 3.23. The van der Waals surface area contributed by atoms with E-state index in [2.05, 4.69) is 20.3 Å². The van der Waals surface area contributed by atoms with Gasteiger partial charge in [-0.2, -0.15) is 0 Å². The fourth-order valence-electron chi connectivity index (χ4n) is 3.06. The minimum absolute atomic E-state index is 0.0611. The maximum Gasteiger partial charge on any atom is 0.301 e. The average molecular weight is 408 g/mol. The SMILES string of the molecule is O=C(c1nc(NCc2ccc3c(c2)OCO3)c2cc(Cl)ccc2n1)n1ccnc1. The molecule has 2 aromatic carbocycles. The summed E-state index contributed by atoms with van der Waals surface area (Å²) in [7, 11) is 0. The highest BCUT2D eigenvalue weighted by atomic mass is 35.5. The molecule has 29 heavy (non-hydrogen) atoms. The Bertz CT molecular complexity index is 1230. The number of anilines is 1. The summed E-state index contributed by atoms with van der Waals surface area (Å²) in [6, 6.07) is 11.0. The van der Waals surface area contributed by atoms with Gasteiger partial charge in [-0.05, 0) is 35.9 Å². The molecule has 5 rings (SSSR count). The zero-order chi connectivity index (χ0) is 19.8. The number of carbonyl (C=O) groups excluding carboxylic acids is 1. The molecule has 9 heteroatoms. The predicted molar refractivity (Wildman–Crippen MR) is 106 cm³/mol. The van der Waals surface area contributed by atoms with E-state index in [-0.39, 0.29) is 18.5 Å². The molecule has 0 bridgehead atoms. The molecule has 2 aromatic heterocycles. The second-order valence-electron chi connectivity index (χ2n) is 6.37. The molecule has 8 nitrogen and oxygen atoms in total. The summed E-state index contributed by atoms with van der Waals surface area (Å²) >= 11 is 6.16. The van der Waals surface area contributed by atoms with E-state index in [1.807, 2.05) is 18.2 Å². The van der Waals surface area contributed by atoms with Crippen molar-refractivity contribution >= 4 is 34.2 Å². The topological polar surface area (TPSA) is 91.2 Å². The predicted octanol–water partition coefficient (Wildman–Crippen LogP) is 3.51. The van der Waals surface area contributed by atoms with E-state index >= 15 is 0 Å². The summed E-state index contributed by atoms with van der Waals surface area (Å²) < 4.78 is 12.1. The van der Waals surface area contributed by atoms with Gasteiger partial charge in [0.2, 0.25) is 12.6 Å². The van der Waals surface area contributed by atoms with Crippen molar-refractivity contribution in [3.63, 3.8) is 0 Å². The van der Waals surface area contributed by atoms with Gasteiger partial charge in [-0.15, -0.1) is 0 Å². The van der Waals surface area contributed by atoms with Gasteiger partial charge in [0.15, 0.2) is 11.5 Å². The summed E-state index contributed by atoms with van der Waals surface area (Å²) in [4.78, 5) is 25.4. The van der Waals surface area contributed by atoms with E-state index in [0.29, 0.717) is 28.7 Å². The van der Waals surface area contributed by atoms with E-state index in [1.54, 1.807) is 24.4 Å². The number of benzene rings is 2. The molecular formula is C20H14ClN5O3. The number of hydrogen-bond acceptors (Lipinski definition) is 7. The Hall–Kier alpha value is -3.65. The Morgan fingerprint density at radius 1 is 1.14 bits per heavy atom. The lowest BCUT2D eigenvalue weighted by Gasteiger charge is -2.11. The molecule has 4 aromatic rings. The Kier molecular flexibility index (Phi) is 4.25. The lowest BCUT2D eigenvalue weighted by atomic mass is 10.2. The first-order chi connectivity index (χ1) is 14.2. The number of ether oxygens (including phenoxy) is 2. The van der Waals surface area contributed by atoms with Gasteiger partial charge in [0.25, 0.3) is 0 Å². The molecule has 1 N–H and O–H groups in total. The fraction of sp³-hybridized carbons (Fsp3) is 0.100. The summed E-state index contributed by atoms with van der Waals surface area (Å²) in [6.07, 6.45) is 4.49. The number of nitrogens with zero attached hydrogens (tertiary/aromatic N) is 4. The molecule has 0 atom stereocenters. The summed E-state index contributed by atoms with van der Waals surface area (Å²) in [5.41, 5.74) is 1.59. The normalized spacial score (nSPS) is 12.3. The Morgan fingerprint density at radius 2 is 2.03 bits per heavy atom. The molecule has 1 aliphatic heterocycles. The molecule has 0 fully saturated rings. The van der Waals surface area contributed by atoms with Crippen LogP contribution in [0, 0.1) is 0 Å². The molecule has 0 amide bonds.